The maximum atomic E-state index is 12.9. The van der Waals surface area contributed by atoms with Crippen LogP contribution in [0.15, 0.2) is 41.3 Å². The molecule has 0 fully saturated rings. The summed E-state index contributed by atoms with van der Waals surface area (Å²) in [7, 11) is 1.10. The van der Waals surface area contributed by atoms with E-state index in [1.54, 1.807) is 24.3 Å². The number of amides is 2. The van der Waals surface area contributed by atoms with Gasteiger partial charge in [-0.05, 0) is 41.7 Å². The predicted molar refractivity (Wildman–Crippen MR) is 118 cm³/mol. The van der Waals surface area contributed by atoms with E-state index in [2.05, 4.69) is 10.1 Å². The zero-order valence-electron chi connectivity index (χ0n) is 18.7. The standard InChI is InChI=1S/C22H25F3N4O5/c1-12(2)18(19(31)22(23,24)25)28-17(30)11-29-10-14(7-13-5-4-6-15(26)8-13)9-16(20(29)32)27-21(33)34-3/h4-6,8-10,12,18H,7,11,26H2,1-3H3,(H,27,33)(H,28,30). The Morgan fingerprint density at radius 3 is 2.38 bits per heavy atom. The summed E-state index contributed by atoms with van der Waals surface area (Å²) < 4.78 is 44.1. The summed E-state index contributed by atoms with van der Waals surface area (Å²) in [6, 6.07) is 6.47. The summed E-state index contributed by atoms with van der Waals surface area (Å²) in [6.07, 6.45) is -4.45. The Bertz CT molecular complexity index is 1130. The molecular weight excluding hydrogens is 457 g/mol. The van der Waals surface area contributed by atoms with E-state index < -0.39 is 48.0 Å². The second-order valence-electron chi connectivity index (χ2n) is 7.88. The number of ketones is 1. The first-order chi connectivity index (χ1) is 15.8. The fraction of sp³-hybridized carbons (Fsp3) is 0.364. The van der Waals surface area contributed by atoms with Crippen LogP contribution < -0.4 is 21.9 Å². The molecule has 0 spiro atoms. The van der Waals surface area contributed by atoms with Crippen LogP contribution in [0.2, 0.25) is 0 Å². The van der Waals surface area contributed by atoms with Crippen molar-refractivity contribution in [1.29, 1.82) is 0 Å². The third-order valence-electron chi connectivity index (χ3n) is 4.78. The van der Waals surface area contributed by atoms with Crippen LogP contribution in [-0.4, -0.2) is 41.7 Å². The highest BCUT2D eigenvalue weighted by atomic mass is 19.4. The average molecular weight is 482 g/mol. The van der Waals surface area contributed by atoms with Crippen molar-refractivity contribution in [2.75, 3.05) is 18.2 Å². The van der Waals surface area contributed by atoms with E-state index in [1.807, 2.05) is 5.32 Å². The first-order valence-corrected chi connectivity index (χ1v) is 10.1. The van der Waals surface area contributed by atoms with Gasteiger partial charge in [-0.15, -0.1) is 0 Å². The van der Waals surface area contributed by atoms with E-state index in [-0.39, 0.29) is 12.1 Å². The van der Waals surface area contributed by atoms with Gasteiger partial charge in [-0.3, -0.25) is 19.7 Å². The lowest BCUT2D eigenvalue weighted by Gasteiger charge is -2.22. The SMILES string of the molecule is COC(=O)Nc1cc(Cc2cccc(N)c2)cn(CC(=O)NC(C(=O)C(F)(F)F)C(C)C)c1=O. The minimum atomic E-state index is -5.13. The molecule has 1 atom stereocenters. The molecule has 0 radical (unpaired) electrons. The molecule has 1 unspecified atom stereocenters. The first-order valence-electron chi connectivity index (χ1n) is 10.1. The molecule has 0 saturated carbocycles. The smallest absolute Gasteiger partial charge is 0.452 e. The summed E-state index contributed by atoms with van der Waals surface area (Å²) >= 11 is 0. The number of Topliss-reactive ketones (excluding diaryl/α,β-unsaturated/α-hetero) is 1. The van der Waals surface area contributed by atoms with Gasteiger partial charge in [0.1, 0.15) is 12.2 Å². The molecule has 0 aliphatic heterocycles. The molecular formula is C22H25F3N4O5. The van der Waals surface area contributed by atoms with Crippen molar-refractivity contribution in [3.63, 3.8) is 0 Å². The van der Waals surface area contributed by atoms with Crippen molar-refractivity contribution in [2.45, 2.75) is 39.0 Å². The Labute approximate surface area is 193 Å². The number of pyridine rings is 1. The second-order valence-corrected chi connectivity index (χ2v) is 7.88. The van der Waals surface area contributed by atoms with Crippen molar-refractivity contribution < 1.29 is 32.3 Å². The minimum Gasteiger partial charge on any atom is -0.453 e. The van der Waals surface area contributed by atoms with Gasteiger partial charge in [-0.2, -0.15) is 13.2 Å². The number of carbonyl (C=O) groups excluding carboxylic acids is 3. The number of ether oxygens (including phenoxy) is 1. The Hall–Kier alpha value is -3.83. The molecule has 184 valence electrons. The second kappa shape index (κ2) is 10.9. The van der Waals surface area contributed by atoms with E-state index >= 15 is 0 Å². The molecule has 2 amide bonds. The van der Waals surface area contributed by atoms with Gasteiger partial charge in [0.05, 0.1) is 13.2 Å². The van der Waals surface area contributed by atoms with Crippen molar-refractivity contribution in [1.82, 2.24) is 9.88 Å². The topological polar surface area (TPSA) is 133 Å². The van der Waals surface area contributed by atoms with E-state index in [1.165, 1.54) is 26.1 Å². The highest BCUT2D eigenvalue weighted by Crippen LogP contribution is 2.21. The Kier molecular flexibility index (Phi) is 8.44. The third kappa shape index (κ3) is 7.09. The monoisotopic (exact) mass is 482 g/mol. The highest BCUT2D eigenvalue weighted by Gasteiger charge is 2.45. The Morgan fingerprint density at radius 1 is 1.15 bits per heavy atom. The molecule has 12 heteroatoms. The van der Waals surface area contributed by atoms with Crippen LogP contribution in [0.4, 0.5) is 29.3 Å². The molecule has 0 saturated heterocycles. The van der Waals surface area contributed by atoms with Gasteiger partial charge in [-0.1, -0.05) is 26.0 Å². The van der Waals surface area contributed by atoms with Crippen molar-refractivity contribution in [3.05, 3.63) is 58.0 Å². The zero-order chi connectivity index (χ0) is 25.6. The number of hydrogen-bond acceptors (Lipinski definition) is 6. The van der Waals surface area contributed by atoms with Gasteiger partial charge in [0.2, 0.25) is 5.91 Å². The number of anilines is 2. The molecule has 2 aromatic rings. The van der Waals surface area contributed by atoms with Crippen LogP contribution in [0.1, 0.15) is 25.0 Å². The molecule has 34 heavy (non-hydrogen) atoms. The van der Waals surface area contributed by atoms with Gasteiger partial charge < -0.3 is 20.4 Å². The minimum absolute atomic E-state index is 0.201. The third-order valence-corrected chi connectivity index (χ3v) is 4.78. The first kappa shape index (κ1) is 26.4. The number of aromatic nitrogens is 1. The maximum absolute atomic E-state index is 12.9. The van der Waals surface area contributed by atoms with Crippen LogP contribution in [0.5, 0.6) is 0 Å². The van der Waals surface area contributed by atoms with Crippen LogP contribution in [-0.2, 0) is 27.3 Å². The number of nitrogen functional groups attached to an aromatic ring is 1. The number of methoxy groups -OCH3 is 1. The van der Waals surface area contributed by atoms with Gasteiger partial charge >= 0.3 is 12.3 Å². The number of nitrogens with two attached hydrogens (primary N) is 1. The lowest BCUT2D eigenvalue weighted by atomic mass is 9.99. The number of hydrogen-bond donors (Lipinski definition) is 3. The predicted octanol–water partition coefficient (Wildman–Crippen LogP) is 2.47. The number of benzene rings is 1. The number of halogens is 3. The van der Waals surface area contributed by atoms with Crippen LogP contribution in [0, 0.1) is 5.92 Å². The summed E-state index contributed by atoms with van der Waals surface area (Å²) in [4.78, 5) is 48.6. The van der Waals surface area contributed by atoms with Crippen LogP contribution in [0.25, 0.3) is 0 Å². The van der Waals surface area contributed by atoms with Gasteiger partial charge in [-0.25, -0.2) is 4.79 Å². The molecule has 0 aliphatic carbocycles. The average Bonchev–Trinajstić information content (AvgIpc) is 2.73. The van der Waals surface area contributed by atoms with Crippen molar-refractivity contribution in [3.8, 4) is 0 Å². The van der Waals surface area contributed by atoms with E-state index in [0.717, 1.165) is 17.2 Å². The number of rotatable bonds is 8. The number of carbonyl (C=O) groups is 3. The lowest BCUT2D eigenvalue weighted by molar-refractivity contribution is -0.174. The molecule has 9 nitrogen and oxygen atoms in total. The summed E-state index contributed by atoms with van der Waals surface area (Å²) in [5.41, 5.74) is 6.57. The fourth-order valence-corrected chi connectivity index (χ4v) is 3.19. The summed E-state index contributed by atoms with van der Waals surface area (Å²) in [6.45, 7) is 2.02. The highest BCUT2D eigenvalue weighted by molar-refractivity contribution is 5.93. The van der Waals surface area contributed by atoms with Crippen LogP contribution >= 0.6 is 0 Å². The van der Waals surface area contributed by atoms with Gasteiger partial charge in [0, 0.05) is 11.9 Å². The normalized spacial score (nSPS) is 12.2. The molecule has 1 heterocycles. The van der Waals surface area contributed by atoms with Gasteiger partial charge in [0.15, 0.2) is 0 Å². The largest absolute Gasteiger partial charge is 0.453 e. The fourth-order valence-electron chi connectivity index (χ4n) is 3.19. The molecule has 1 aromatic heterocycles. The molecule has 1 aromatic carbocycles. The molecule has 0 aliphatic rings. The Morgan fingerprint density at radius 2 is 1.82 bits per heavy atom. The zero-order valence-corrected chi connectivity index (χ0v) is 18.7. The van der Waals surface area contributed by atoms with E-state index in [9.17, 15) is 32.3 Å². The van der Waals surface area contributed by atoms with E-state index in [4.69, 9.17) is 5.73 Å². The summed E-state index contributed by atoms with van der Waals surface area (Å²) in [5, 5.41) is 4.30. The number of nitrogens with one attached hydrogen (secondary N) is 2. The maximum Gasteiger partial charge on any atom is 0.452 e. The quantitative estimate of drug-likeness (QED) is 0.495. The lowest BCUT2D eigenvalue weighted by Crippen LogP contribution is -2.50. The molecule has 2 rings (SSSR count). The summed E-state index contributed by atoms with van der Waals surface area (Å²) in [5.74, 6) is -3.92. The van der Waals surface area contributed by atoms with Crippen molar-refractivity contribution >= 4 is 29.2 Å². The number of nitrogens with zero attached hydrogens (tertiary/aromatic N) is 1. The van der Waals surface area contributed by atoms with Crippen LogP contribution in [0.3, 0.4) is 0 Å². The number of alkyl halides is 3. The Balaban J connectivity index is 2.37. The van der Waals surface area contributed by atoms with Crippen molar-refractivity contribution in [2.24, 2.45) is 5.92 Å². The van der Waals surface area contributed by atoms with E-state index in [0.29, 0.717) is 11.3 Å². The molecule has 0 bridgehead atoms. The molecule has 4 N–H and O–H groups in total. The van der Waals surface area contributed by atoms with Gasteiger partial charge in [0.25, 0.3) is 11.3 Å².